The average Bonchev–Trinajstić information content (AvgIpc) is 2.82. The molecule has 0 radical (unpaired) electrons. The van der Waals surface area contributed by atoms with Gasteiger partial charge in [-0.15, -0.1) is 12.4 Å². The largest absolute Gasteiger partial charge is 0.493 e. The number of benzene rings is 1. The first-order valence-electron chi connectivity index (χ1n) is 5.32. The SMILES string of the molecule is COc1cc([C@H](N)[C@H](O)C(F)(F)F)cc2c1OCO2.Cl. The molecule has 114 valence electrons. The van der Waals surface area contributed by atoms with Gasteiger partial charge >= 0.3 is 6.18 Å². The fraction of sp³-hybridized carbons (Fsp3) is 0.455. The van der Waals surface area contributed by atoms with Gasteiger partial charge in [-0.25, -0.2) is 0 Å². The lowest BCUT2D eigenvalue weighted by atomic mass is 10.0. The van der Waals surface area contributed by atoms with E-state index in [2.05, 4.69) is 0 Å². The zero-order chi connectivity index (χ0) is 14.2. The Balaban J connectivity index is 0.00000200. The molecule has 20 heavy (non-hydrogen) atoms. The molecule has 0 aliphatic carbocycles. The van der Waals surface area contributed by atoms with Crippen molar-refractivity contribution in [1.29, 1.82) is 0 Å². The van der Waals surface area contributed by atoms with Crippen LogP contribution in [0, 0.1) is 0 Å². The van der Waals surface area contributed by atoms with E-state index in [4.69, 9.17) is 25.1 Å². The van der Waals surface area contributed by atoms with E-state index in [1.807, 2.05) is 0 Å². The number of methoxy groups -OCH3 is 1. The van der Waals surface area contributed by atoms with Crippen LogP contribution in [0.15, 0.2) is 12.1 Å². The molecule has 0 amide bonds. The highest BCUT2D eigenvalue weighted by molar-refractivity contribution is 5.85. The minimum absolute atomic E-state index is 0. The van der Waals surface area contributed by atoms with Crippen LogP contribution < -0.4 is 19.9 Å². The van der Waals surface area contributed by atoms with Gasteiger partial charge in [-0.05, 0) is 17.7 Å². The Hall–Kier alpha value is -1.38. The molecule has 1 aliphatic heterocycles. The number of aliphatic hydroxyl groups is 1. The number of rotatable bonds is 3. The number of aliphatic hydroxyl groups excluding tert-OH is 1. The van der Waals surface area contributed by atoms with Crippen molar-refractivity contribution in [2.75, 3.05) is 13.9 Å². The first-order chi connectivity index (χ1) is 8.84. The third kappa shape index (κ3) is 3.02. The molecule has 0 aromatic heterocycles. The molecule has 3 N–H and O–H groups in total. The van der Waals surface area contributed by atoms with Crippen LogP contribution in [0.5, 0.6) is 17.2 Å². The normalized spacial score (nSPS) is 16.3. The van der Waals surface area contributed by atoms with Gasteiger partial charge in [-0.1, -0.05) is 0 Å². The molecule has 5 nitrogen and oxygen atoms in total. The zero-order valence-corrected chi connectivity index (χ0v) is 11.1. The maximum Gasteiger partial charge on any atom is 0.416 e. The lowest BCUT2D eigenvalue weighted by Gasteiger charge is -2.22. The second-order valence-corrected chi connectivity index (χ2v) is 3.97. The Morgan fingerprint density at radius 2 is 2.00 bits per heavy atom. The Morgan fingerprint density at radius 3 is 2.55 bits per heavy atom. The molecule has 1 heterocycles. The van der Waals surface area contributed by atoms with E-state index in [0.717, 1.165) is 0 Å². The molecule has 2 atom stereocenters. The van der Waals surface area contributed by atoms with Gasteiger partial charge < -0.3 is 25.1 Å². The van der Waals surface area contributed by atoms with Crippen LogP contribution in [0.25, 0.3) is 0 Å². The molecular formula is C11H13ClF3NO4. The summed E-state index contributed by atoms with van der Waals surface area (Å²) in [5, 5.41) is 9.16. The van der Waals surface area contributed by atoms with Crippen molar-refractivity contribution in [1.82, 2.24) is 0 Å². The van der Waals surface area contributed by atoms with E-state index < -0.39 is 18.3 Å². The minimum Gasteiger partial charge on any atom is -0.493 e. The molecule has 0 spiro atoms. The molecule has 1 aliphatic rings. The number of alkyl halides is 3. The van der Waals surface area contributed by atoms with Crippen LogP contribution in [-0.2, 0) is 0 Å². The summed E-state index contributed by atoms with van der Waals surface area (Å²) >= 11 is 0. The van der Waals surface area contributed by atoms with Crippen molar-refractivity contribution in [3.05, 3.63) is 17.7 Å². The van der Waals surface area contributed by atoms with Gasteiger partial charge in [0.15, 0.2) is 17.6 Å². The van der Waals surface area contributed by atoms with Crippen LogP contribution in [0.1, 0.15) is 11.6 Å². The van der Waals surface area contributed by atoms with E-state index in [1.54, 1.807) is 0 Å². The van der Waals surface area contributed by atoms with E-state index in [1.165, 1.54) is 19.2 Å². The van der Waals surface area contributed by atoms with Gasteiger partial charge in [-0.3, -0.25) is 0 Å². The Morgan fingerprint density at radius 1 is 1.35 bits per heavy atom. The van der Waals surface area contributed by atoms with E-state index in [9.17, 15) is 13.2 Å². The fourth-order valence-corrected chi connectivity index (χ4v) is 1.73. The number of halogens is 4. The Labute approximate surface area is 118 Å². The van der Waals surface area contributed by atoms with Gasteiger partial charge in [0.05, 0.1) is 13.2 Å². The number of ether oxygens (including phenoxy) is 3. The molecule has 0 bridgehead atoms. The van der Waals surface area contributed by atoms with Gasteiger partial charge in [0.1, 0.15) is 0 Å². The standard InChI is InChI=1S/C11H12F3NO4.ClH/c1-17-6-2-5(3-7-9(6)19-4-18-7)8(15)10(16)11(12,13)14;/h2-3,8,10,16H,4,15H2,1H3;1H/t8-,10-;/m0./s1. The zero-order valence-electron chi connectivity index (χ0n) is 10.3. The van der Waals surface area contributed by atoms with Crippen molar-refractivity contribution < 1.29 is 32.5 Å². The number of hydrogen-bond acceptors (Lipinski definition) is 5. The lowest BCUT2D eigenvalue weighted by molar-refractivity contribution is -0.210. The number of nitrogens with two attached hydrogens (primary N) is 1. The van der Waals surface area contributed by atoms with Crippen molar-refractivity contribution >= 4 is 12.4 Å². The van der Waals surface area contributed by atoms with Gasteiger partial charge in [0.25, 0.3) is 0 Å². The third-order valence-corrected chi connectivity index (χ3v) is 2.74. The topological polar surface area (TPSA) is 73.9 Å². The smallest absolute Gasteiger partial charge is 0.416 e. The number of fused-ring (bicyclic) bond motifs is 1. The second kappa shape index (κ2) is 5.94. The van der Waals surface area contributed by atoms with Crippen molar-refractivity contribution in [2.24, 2.45) is 5.73 Å². The highest BCUT2D eigenvalue weighted by Gasteiger charge is 2.43. The molecule has 0 unspecified atom stereocenters. The molecular weight excluding hydrogens is 303 g/mol. The summed E-state index contributed by atoms with van der Waals surface area (Å²) in [4.78, 5) is 0. The molecule has 9 heteroatoms. The van der Waals surface area contributed by atoms with Crippen molar-refractivity contribution in [3.8, 4) is 17.2 Å². The maximum atomic E-state index is 12.4. The first kappa shape index (κ1) is 16.7. The highest BCUT2D eigenvalue weighted by atomic mass is 35.5. The van der Waals surface area contributed by atoms with Crippen LogP contribution in [0.2, 0.25) is 0 Å². The third-order valence-electron chi connectivity index (χ3n) is 2.74. The Kier molecular flexibility index (Phi) is 4.95. The van der Waals surface area contributed by atoms with Gasteiger partial charge in [-0.2, -0.15) is 13.2 Å². The van der Waals surface area contributed by atoms with E-state index in [0.29, 0.717) is 5.75 Å². The predicted molar refractivity (Wildman–Crippen MR) is 65.4 cm³/mol. The summed E-state index contributed by atoms with van der Waals surface area (Å²) < 4.78 is 52.5. The summed E-state index contributed by atoms with van der Waals surface area (Å²) in [5.74, 6) is 0.744. The molecule has 0 saturated heterocycles. The van der Waals surface area contributed by atoms with Gasteiger partial charge in [0, 0.05) is 0 Å². The Bertz CT molecular complexity index is 483. The van der Waals surface area contributed by atoms with Crippen LogP contribution in [0.3, 0.4) is 0 Å². The highest BCUT2D eigenvalue weighted by Crippen LogP contribution is 2.43. The monoisotopic (exact) mass is 315 g/mol. The summed E-state index contributed by atoms with van der Waals surface area (Å²) in [5.41, 5.74) is 5.47. The summed E-state index contributed by atoms with van der Waals surface area (Å²) in [6.07, 6.45) is -7.47. The quantitative estimate of drug-likeness (QED) is 0.889. The van der Waals surface area contributed by atoms with E-state index >= 15 is 0 Å². The van der Waals surface area contributed by atoms with E-state index in [-0.39, 0.29) is 36.3 Å². The molecule has 0 saturated carbocycles. The fourth-order valence-electron chi connectivity index (χ4n) is 1.73. The van der Waals surface area contributed by atoms with Crippen LogP contribution >= 0.6 is 12.4 Å². The summed E-state index contributed by atoms with van der Waals surface area (Å²) in [7, 11) is 1.34. The maximum absolute atomic E-state index is 12.4. The van der Waals surface area contributed by atoms with Crippen molar-refractivity contribution in [2.45, 2.75) is 18.3 Å². The van der Waals surface area contributed by atoms with Crippen LogP contribution in [-0.4, -0.2) is 31.3 Å². The second-order valence-electron chi connectivity index (χ2n) is 3.97. The van der Waals surface area contributed by atoms with Crippen LogP contribution in [0.4, 0.5) is 13.2 Å². The summed E-state index contributed by atoms with van der Waals surface area (Å²) in [6.45, 7) is -0.0494. The summed E-state index contributed by atoms with van der Waals surface area (Å²) in [6, 6.07) is 0.945. The molecule has 2 rings (SSSR count). The average molecular weight is 316 g/mol. The lowest BCUT2D eigenvalue weighted by Crippen LogP contribution is -2.38. The molecule has 1 aromatic carbocycles. The van der Waals surface area contributed by atoms with Gasteiger partial charge in [0.2, 0.25) is 12.5 Å². The molecule has 0 fully saturated rings. The van der Waals surface area contributed by atoms with Crippen molar-refractivity contribution in [3.63, 3.8) is 0 Å². The minimum atomic E-state index is -4.80. The number of hydrogen-bond donors (Lipinski definition) is 2. The predicted octanol–water partition coefficient (Wildman–Crippen LogP) is 1.77. The molecule has 1 aromatic rings. The first-order valence-corrected chi connectivity index (χ1v) is 5.32.